The fraction of sp³-hybridized carbons (Fsp3) is 0.357. The van der Waals surface area contributed by atoms with Crippen LogP contribution in [0.4, 0.5) is 5.69 Å². The Hall–Kier alpha value is -8.14. The van der Waals surface area contributed by atoms with E-state index < -0.39 is 64.6 Å². The van der Waals surface area contributed by atoms with E-state index in [0.717, 1.165) is 29.1 Å². The molecule has 2 aliphatic carbocycles. The quantitative estimate of drug-likeness (QED) is 0.00645. The van der Waals surface area contributed by atoms with Gasteiger partial charge in [-0.05, 0) is 118 Å². The molecular weight excluding hydrogens is 1020 g/mol. The topological polar surface area (TPSA) is 262 Å². The van der Waals surface area contributed by atoms with Gasteiger partial charge >= 0.3 is 35.8 Å². The summed E-state index contributed by atoms with van der Waals surface area (Å²) >= 11 is 1.16. The van der Waals surface area contributed by atoms with Gasteiger partial charge in [-0.25, -0.2) is 19.4 Å². The van der Waals surface area contributed by atoms with Gasteiger partial charge in [0.1, 0.15) is 51.8 Å². The van der Waals surface area contributed by atoms with Crippen molar-refractivity contribution in [1.29, 1.82) is 0 Å². The van der Waals surface area contributed by atoms with Crippen LogP contribution >= 0.6 is 11.3 Å². The number of carbonyl (C=O) groups is 7. The number of fused-ring (bicyclic) bond motifs is 1. The third kappa shape index (κ3) is 15.3. The third-order valence-electron chi connectivity index (χ3n) is 13.2. The summed E-state index contributed by atoms with van der Waals surface area (Å²) in [5.74, 6) is -4.23. The van der Waals surface area contributed by atoms with Gasteiger partial charge in [0.2, 0.25) is 0 Å². The molecule has 0 bridgehead atoms. The van der Waals surface area contributed by atoms with E-state index in [-0.39, 0.29) is 78.2 Å². The Bertz CT molecular complexity index is 2990. The summed E-state index contributed by atoms with van der Waals surface area (Å²) in [6, 6.07) is 21.7. The Kier molecular flexibility index (Phi) is 18.7. The number of nitrogens with zero attached hydrogens (tertiary/aromatic N) is 2. The lowest BCUT2D eigenvalue weighted by Gasteiger charge is -2.26. The highest BCUT2D eigenvalue weighted by Crippen LogP contribution is 2.43. The van der Waals surface area contributed by atoms with Crippen LogP contribution in [0, 0.1) is 33.8 Å². The Morgan fingerprint density at radius 2 is 1.26 bits per heavy atom. The zero-order valence-electron chi connectivity index (χ0n) is 41.7. The monoisotopic (exact) mass is 1070 g/mol. The normalized spacial score (nSPS) is 19.1. The number of Topliss-reactive ketones (excluding diaryl/α,β-unsaturated/α-hetero) is 1. The van der Waals surface area contributed by atoms with Gasteiger partial charge in [0.25, 0.3) is 5.69 Å². The van der Waals surface area contributed by atoms with E-state index in [1.807, 2.05) is 0 Å². The molecule has 2 saturated carbocycles. The van der Waals surface area contributed by atoms with Crippen molar-refractivity contribution < 1.29 is 81.1 Å². The van der Waals surface area contributed by atoms with Crippen LogP contribution < -0.4 is 18.9 Å². The lowest BCUT2D eigenvalue weighted by Crippen LogP contribution is -2.30. The largest absolute Gasteiger partial charge is 0.490 e. The second-order valence-corrected chi connectivity index (χ2v) is 19.5. The molecule has 3 aliphatic rings. The van der Waals surface area contributed by atoms with E-state index in [9.17, 15) is 43.7 Å². The maximum atomic E-state index is 13.8. The van der Waals surface area contributed by atoms with Gasteiger partial charge in [-0.15, -0.1) is 11.3 Å². The fourth-order valence-corrected chi connectivity index (χ4v) is 9.79. The smallest absolute Gasteiger partial charge is 0.340 e. The van der Waals surface area contributed by atoms with Gasteiger partial charge in [-0.3, -0.25) is 29.3 Å². The number of non-ortho nitro benzene ring substituents is 1. The molecule has 4 aromatic carbocycles. The summed E-state index contributed by atoms with van der Waals surface area (Å²) in [5.41, 5.74) is 1.69. The molecule has 3 fully saturated rings. The summed E-state index contributed by atoms with van der Waals surface area (Å²) in [7, 11) is 0. The van der Waals surface area contributed by atoms with Crippen molar-refractivity contribution in [3.63, 3.8) is 0 Å². The van der Waals surface area contributed by atoms with Crippen LogP contribution in [0.2, 0.25) is 0 Å². The minimum atomic E-state index is -0.904. The minimum Gasteiger partial charge on any atom is -0.490 e. The number of ketones is 1. The first kappa shape index (κ1) is 55.1. The molecule has 2 heterocycles. The minimum absolute atomic E-state index is 0.0271. The third-order valence-corrected chi connectivity index (χ3v) is 14.3. The van der Waals surface area contributed by atoms with Crippen molar-refractivity contribution in [2.24, 2.45) is 23.7 Å². The highest BCUT2D eigenvalue weighted by Gasteiger charge is 2.35. The number of nitro groups is 1. The highest BCUT2D eigenvalue weighted by molar-refractivity contribution is 7.22. The van der Waals surface area contributed by atoms with Crippen molar-refractivity contribution in [1.82, 2.24) is 4.98 Å². The number of epoxide rings is 1. The van der Waals surface area contributed by atoms with Crippen LogP contribution in [0.25, 0.3) is 20.8 Å². The number of esters is 6. The zero-order valence-corrected chi connectivity index (χ0v) is 42.5. The van der Waals surface area contributed by atoms with Gasteiger partial charge in [-0.1, -0.05) is 25.3 Å². The van der Waals surface area contributed by atoms with Gasteiger partial charge in [0, 0.05) is 42.2 Å². The number of aromatic nitrogens is 1. The second kappa shape index (κ2) is 26.1. The van der Waals surface area contributed by atoms with Crippen LogP contribution in [0.5, 0.6) is 23.0 Å². The zero-order chi connectivity index (χ0) is 54.4. The number of rotatable bonds is 24. The lowest BCUT2D eigenvalue weighted by molar-refractivity contribution is -0.384. The summed E-state index contributed by atoms with van der Waals surface area (Å²) in [6.45, 7) is 7.10. The molecule has 1 aliphatic heterocycles. The number of hydrogen-bond donors (Lipinski definition) is 0. The van der Waals surface area contributed by atoms with Crippen molar-refractivity contribution in [2.75, 3.05) is 33.2 Å². The Balaban J connectivity index is 0.840. The predicted molar refractivity (Wildman–Crippen MR) is 274 cm³/mol. The van der Waals surface area contributed by atoms with E-state index >= 15 is 0 Å². The number of benzene rings is 4. The van der Waals surface area contributed by atoms with Crippen molar-refractivity contribution >= 4 is 68.8 Å². The van der Waals surface area contributed by atoms with Gasteiger partial charge in [0.15, 0.2) is 24.4 Å². The first-order valence-corrected chi connectivity index (χ1v) is 25.7. The summed E-state index contributed by atoms with van der Waals surface area (Å²) in [5, 5.41) is 11.8. The number of thiazole rings is 1. The van der Waals surface area contributed by atoms with Crippen LogP contribution in [0.1, 0.15) is 67.3 Å². The highest BCUT2D eigenvalue weighted by atomic mass is 32.1. The number of hydrogen-bond acceptors (Lipinski definition) is 20. The maximum Gasteiger partial charge on any atom is 0.340 e. The van der Waals surface area contributed by atoms with Crippen molar-refractivity contribution in [3.8, 4) is 33.6 Å². The van der Waals surface area contributed by atoms with Crippen LogP contribution in [0.3, 0.4) is 0 Å². The Morgan fingerprint density at radius 3 is 1.86 bits per heavy atom. The first-order valence-electron chi connectivity index (χ1n) is 24.9. The van der Waals surface area contributed by atoms with Gasteiger partial charge < -0.3 is 42.6 Å². The molecule has 8 rings (SSSR count). The standard InChI is InChI=1S/C56H54N2O18S/c1-3-48(60)71-31-44(73-49(61)4-2)30-69-41-21-5-33(6-22-41)27-45(59)34-7-9-38(10-8-34)56(65)76-47-26-25-46(50-51(47)77-52(57-50)35-15-19-40(20-16-35)58(66)67)75-55(64)39-13-11-37(12-14-39)54(63)74-42-23-17-36(18-24-42)53(62)72-32-68-28-43-29-70-43/h3-6,15-26,34,37-39,43-44H,1-2,7-14,27-32H2. The second-order valence-electron chi connectivity index (χ2n) is 18.5. The molecule has 402 valence electrons. The summed E-state index contributed by atoms with van der Waals surface area (Å²) < 4.78 is 49.3. The van der Waals surface area contributed by atoms with Crippen molar-refractivity contribution in [2.45, 2.75) is 70.0 Å². The molecule has 1 aromatic heterocycles. The fourth-order valence-electron chi connectivity index (χ4n) is 8.75. The molecule has 20 nitrogen and oxygen atoms in total. The van der Waals surface area contributed by atoms with Crippen LogP contribution in [0.15, 0.2) is 110 Å². The van der Waals surface area contributed by atoms with E-state index in [4.69, 9.17) is 47.6 Å². The van der Waals surface area contributed by atoms with Crippen LogP contribution in [-0.4, -0.2) is 96.9 Å². The van der Waals surface area contributed by atoms with E-state index in [0.29, 0.717) is 85.6 Å². The molecule has 0 radical (unpaired) electrons. The lowest BCUT2D eigenvalue weighted by atomic mass is 9.79. The molecule has 0 amide bonds. The van der Waals surface area contributed by atoms with Gasteiger partial charge in [0.05, 0.1) is 41.5 Å². The SMILES string of the molecule is C=CC(=O)OCC(COc1ccc(CC(=O)C2CCC(C(=O)Oc3ccc(OC(=O)C4CCC(C(=O)Oc5ccc(C(=O)OCOCC6CO6)cc5)CC4)c4nc(-c5ccc([N+](=O)[O-])cc5)sc34)CC2)cc1)OC(=O)C=C. The Morgan fingerprint density at radius 1 is 0.688 bits per heavy atom. The molecule has 2 atom stereocenters. The van der Waals surface area contributed by atoms with E-state index in [2.05, 4.69) is 13.2 Å². The molecule has 77 heavy (non-hydrogen) atoms. The van der Waals surface area contributed by atoms with Crippen LogP contribution in [-0.2, 0) is 58.9 Å². The Labute approximate surface area is 445 Å². The van der Waals surface area contributed by atoms with Gasteiger partial charge in [-0.2, -0.15) is 0 Å². The molecule has 5 aromatic rings. The molecule has 0 spiro atoms. The molecule has 21 heteroatoms. The molecule has 0 N–H and O–H groups in total. The predicted octanol–water partition coefficient (Wildman–Crippen LogP) is 8.45. The maximum absolute atomic E-state index is 13.8. The number of ether oxygens (including phenoxy) is 9. The molecule has 2 unspecified atom stereocenters. The molecular formula is C56H54N2O18S. The first-order chi connectivity index (χ1) is 37.2. The average Bonchev–Trinajstić information content (AvgIpc) is 4.18. The molecule has 1 saturated heterocycles. The van der Waals surface area contributed by atoms with Crippen molar-refractivity contribution in [3.05, 3.63) is 131 Å². The number of nitro benzene ring substituents is 1. The summed E-state index contributed by atoms with van der Waals surface area (Å²) in [6.07, 6.45) is 4.46. The summed E-state index contributed by atoms with van der Waals surface area (Å²) in [4.78, 5) is 105. The average molecular weight is 1080 g/mol. The van der Waals surface area contributed by atoms with E-state index in [1.54, 1.807) is 36.4 Å². The van der Waals surface area contributed by atoms with E-state index in [1.165, 1.54) is 48.5 Å². The number of carbonyl (C=O) groups excluding carboxylic acids is 7.